The molecule has 0 amide bonds. The summed E-state index contributed by atoms with van der Waals surface area (Å²) in [6, 6.07) is 4.78. The van der Waals surface area contributed by atoms with Gasteiger partial charge in [-0.05, 0) is 72.3 Å². The number of aliphatic hydroxyl groups excluding tert-OH is 1. The summed E-state index contributed by atoms with van der Waals surface area (Å²) in [7, 11) is 5.40. The van der Waals surface area contributed by atoms with Crippen LogP contribution < -0.4 is 11.1 Å². The number of nitrogens with zero attached hydrogens (tertiary/aromatic N) is 5. The molecule has 4 heterocycles. The van der Waals surface area contributed by atoms with E-state index in [9.17, 15) is 14.7 Å². The summed E-state index contributed by atoms with van der Waals surface area (Å²) in [5, 5.41) is 23.2. The van der Waals surface area contributed by atoms with Gasteiger partial charge < -0.3 is 40.0 Å². The minimum absolute atomic E-state index is 0.0245. The zero-order valence-electron chi connectivity index (χ0n) is 28.3. The Morgan fingerprint density at radius 1 is 1.20 bits per heavy atom. The van der Waals surface area contributed by atoms with Crippen LogP contribution in [-0.2, 0) is 35.1 Å². The number of rotatable bonds is 7. The van der Waals surface area contributed by atoms with Crippen LogP contribution in [0.2, 0.25) is 0 Å². The largest absolute Gasteiger partial charge is 0.463 e. The van der Waals surface area contributed by atoms with Gasteiger partial charge >= 0.3 is 5.97 Å². The number of nitrogens with two attached hydrogens (primary N) is 1. The number of methoxy groups -OCH3 is 1. The highest BCUT2D eigenvalue weighted by Crippen LogP contribution is 2.36. The Hall–Kier alpha value is -3.01. The van der Waals surface area contributed by atoms with E-state index in [1.54, 1.807) is 50.0 Å². The van der Waals surface area contributed by atoms with Gasteiger partial charge in [0.05, 0.1) is 42.3 Å². The first-order valence-electron chi connectivity index (χ1n) is 16.0. The SMILES string of the molecule is CO[C@]1(C)C[C@@H](C)CN[C@H](Cn2cc(-c3cccc(N)n3)nn2)COC(=O)C(C)C(=O)[C@H](C)[C@H]1O[C@@H]1O[C@H](C)C[C@H](N(C)C)[C@H]1O. The first kappa shape index (κ1) is 35.8. The summed E-state index contributed by atoms with van der Waals surface area (Å²) in [5.74, 6) is -2.37. The highest BCUT2D eigenvalue weighted by molar-refractivity contribution is 5.99. The molecule has 0 radical (unpaired) electrons. The molecule has 2 aromatic heterocycles. The zero-order valence-corrected chi connectivity index (χ0v) is 28.3. The van der Waals surface area contributed by atoms with Crippen molar-refractivity contribution in [1.29, 1.82) is 0 Å². The first-order chi connectivity index (χ1) is 21.7. The van der Waals surface area contributed by atoms with Gasteiger partial charge in [0.15, 0.2) is 12.1 Å². The quantitative estimate of drug-likeness (QED) is 0.292. The maximum atomic E-state index is 13.8. The van der Waals surface area contributed by atoms with E-state index in [0.717, 1.165) is 0 Å². The fourth-order valence-electron chi connectivity index (χ4n) is 6.51. The second-order valence-electron chi connectivity index (χ2n) is 13.4. The number of nitrogens with one attached hydrogen (secondary N) is 1. The van der Waals surface area contributed by atoms with Crippen LogP contribution in [0.3, 0.4) is 0 Å². The van der Waals surface area contributed by atoms with Crippen molar-refractivity contribution >= 4 is 17.6 Å². The Morgan fingerprint density at radius 2 is 1.93 bits per heavy atom. The number of hydrogen-bond acceptors (Lipinski definition) is 13. The number of esters is 1. The predicted molar refractivity (Wildman–Crippen MR) is 170 cm³/mol. The molecule has 0 bridgehead atoms. The number of likely N-dealkylation sites (N-methyl/N-ethyl adjacent to an activating group) is 1. The second-order valence-corrected chi connectivity index (χ2v) is 13.4. The molecule has 0 saturated carbocycles. The van der Waals surface area contributed by atoms with E-state index in [0.29, 0.717) is 43.1 Å². The lowest BCUT2D eigenvalue weighted by Gasteiger charge is -2.46. The summed E-state index contributed by atoms with van der Waals surface area (Å²) in [5.41, 5.74) is 6.03. The van der Waals surface area contributed by atoms with E-state index in [1.807, 2.05) is 32.8 Å². The van der Waals surface area contributed by atoms with Crippen LogP contribution in [0.5, 0.6) is 0 Å². The minimum atomic E-state index is -1.06. The van der Waals surface area contributed by atoms with Crippen molar-refractivity contribution in [2.24, 2.45) is 17.8 Å². The number of carbonyl (C=O) groups excluding carboxylic acids is 2. The summed E-state index contributed by atoms with van der Waals surface area (Å²) >= 11 is 0. The maximum absolute atomic E-state index is 13.8. The van der Waals surface area contributed by atoms with Crippen LogP contribution in [0.4, 0.5) is 5.82 Å². The number of pyridine rings is 1. The molecule has 256 valence electrons. The number of anilines is 1. The Labute approximate surface area is 271 Å². The van der Waals surface area contributed by atoms with Gasteiger partial charge in [-0.3, -0.25) is 14.3 Å². The highest BCUT2D eigenvalue weighted by atomic mass is 16.7. The molecule has 10 atom stereocenters. The Morgan fingerprint density at radius 3 is 2.61 bits per heavy atom. The van der Waals surface area contributed by atoms with E-state index < -0.39 is 41.9 Å². The third-order valence-electron chi connectivity index (χ3n) is 9.22. The molecule has 1 unspecified atom stereocenters. The van der Waals surface area contributed by atoms with Crippen LogP contribution in [0.25, 0.3) is 11.4 Å². The first-order valence-corrected chi connectivity index (χ1v) is 16.0. The molecule has 0 spiro atoms. The van der Waals surface area contributed by atoms with Crippen molar-refractivity contribution in [3.63, 3.8) is 0 Å². The van der Waals surface area contributed by atoms with Gasteiger partial charge in [0, 0.05) is 19.1 Å². The molecular formula is C32H51N7O7. The molecule has 2 fully saturated rings. The van der Waals surface area contributed by atoms with Gasteiger partial charge in [-0.1, -0.05) is 25.1 Å². The highest BCUT2D eigenvalue weighted by Gasteiger charge is 2.48. The molecule has 46 heavy (non-hydrogen) atoms. The number of aliphatic hydroxyl groups is 1. The van der Waals surface area contributed by atoms with E-state index in [-0.39, 0.29) is 36.5 Å². The molecule has 14 heteroatoms. The number of ketones is 1. The summed E-state index contributed by atoms with van der Waals surface area (Å²) in [6.07, 6.45) is -0.0375. The van der Waals surface area contributed by atoms with Gasteiger partial charge in [0.2, 0.25) is 0 Å². The molecule has 14 nitrogen and oxygen atoms in total. The molecule has 4 rings (SSSR count). The van der Waals surface area contributed by atoms with Crippen molar-refractivity contribution in [3.05, 3.63) is 24.4 Å². The molecule has 2 aliphatic rings. The summed E-state index contributed by atoms with van der Waals surface area (Å²) in [6.45, 7) is 10.1. The molecule has 2 saturated heterocycles. The lowest BCUT2D eigenvalue weighted by atomic mass is 9.78. The average molecular weight is 646 g/mol. The smallest absolute Gasteiger partial charge is 0.316 e. The van der Waals surface area contributed by atoms with Crippen molar-refractivity contribution in [2.45, 2.75) is 96.3 Å². The Bertz CT molecular complexity index is 1330. The summed E-state index contributed by atoms with van der Waals surface area (Å²) < 4.78 is 26.1. The van der Waals surface area contributed by atoms with Crippen LogP contribution in [0, 0.1) is 17.8 Å². The summed E-state index contributed by atoms with van der Waals surface area (Å²) in [4.78, 5) is 33.3. The third-order valence-corrected chi connectivity index (χ3v) is 9.22. The number of hydrogen-bond donors (Lipinski definition) is 3. The van der Waals surface area contributed by atoms with Gasteiger partial charge in [-0.15, -0.1) is 5.10 Å². The van der Waals surface area contributed by atoms with Crippen LogP contribution in [0.15, 0.2) is 24.4 Å². The lowest BCUT2D eigenvalue weighted by molar-refractivity contribution is -0.295. The topological polar surface area (TPSA) is 176 Å². The second kappa shape index (κ2) is 15.3. The van der Waals surface area contributed by atoms with E-state index in [1.165, 1.54) is 0 Å². The van der Waals surface area contributed by atoms with E-state index >= 15 is 0 Å². The molecular weight excluding hydrogens is 594 g/mol. The van der Waals surface area contributed by atoms with Gasteiger partial charge in [-0.2, -0.15) is 0 Å². The Kier molecular flexibility index (Phi) is 11.9. The van der Waals surface area contributed by atoms with E-state index in [2.05, 4.69) is 27.5 Å². The maximum Gasteiger partial charge on any atom is 0.316 e. The van der Waals surface area contributed by atoms with Crippen LogP contribution >= 0.6 is 0 Å². The van der Waals surface area contributed by atoms with Crippen molar-refractivity contribution < 1.29 is 33.6 Å². The monoisotopic (exact) mass is 645 g/mol. The number of cyclic esters (lactones) is 1. The van der Waals surface area contributed by atoms with Gasteiger partial charge in [0.25, 0.3) is 0 Å². The van der Waals surface area contributed by atoms with Crippen LogP contribution in [0.1, 0.15) is 47.5 Å². The number of aromatic nitrogens is 4. The molecule has 4 N–H and O–H groups in total. The standard InChI is InChI=1S/C32H51N7O7/c1-18-13-32(5,43-8)29(46-31-28(41)25(38(6)7)12-19(2)45-31)20(3)27(40)21(4)30(42)44-17-22(34-14-18)15-39-16-24(36-37-39)23-10-9-11-26(33)35-23/h9-11,16,18-22,25,28-29,31,34,41H,12-15,17H2,1-8H3,(H2,33,35)/t18-,19-,20+,21?,22-,25+,28-,29-,31+,32-/m1/s1. The fraction of sp³-hybridized carbons (Fsp3) is 0.719. The van der Waals surface area contributed by atoms with Crippen molar-refractivity contribution in [3.8, 4) is 11.4 Å². The molecule has 2 aliphatic heterocycles. The van der Waals surface area contributed by atoms with Crippen molar-refractivity contribution in [1.82, 2.24) is 30.2 Å². The number of nitrogen functional groups attached to an aromatic ring is 1. The van der Waals surface area contributed by atoms with E-state index in [4.69, 9.17) is 24.7 Å². The normalized spacial score (nSPS) is 35.2. The zero-order chi connectivity index (χ0) is 33.8. The van der Waals surface area contributed by atoms with Crippen LogP contribution in [-0.4, -0.2) is 118 Å². The molecule has 0 aliphatic carbocycles. The minimum Gasteiger partial charge on any atom is -0.463 e. The molecule has 0 aromatic carbocycles. The lowest BCUT2D eigenvalue weighted by Crippen LogP contribution is -2.59. The van der Waals surface area contributed by atoms with Gasteiger partial charge in [0.1, 0.15) is 30.1 Å². The number of ether oxygens (including phenoxy) is 4. The number of Topliss-reactive ketones (excluding diaryl/α,β-unsaturated/α-hetero) is 1. The van der Waals surface area contributed by atoms with Gasteiger partial charge in [-0.25, -0.2) is 4.98 Å². The van der Waals surface area contributed by atoms with Crippen molar-refractivity contribution in [2.75, 3.05) is 40.1 Å². The molecule has 2 aromatic rings. The number of carbonyl (C=O) groups is 2. The average Bonchev–Trinajstić information content (AvgIpc) is 3.49. The fourth-order valence-corrected chi connectivity index (χ4v) is 6.51. The Balaban J connectivity index is 1.57. The predicted octanol–water partition coefficient (Wildman–Crippen LogP) is 1.52. The third kappa shape index (κ3) is 8.47.